The summed E-state index contributed by atoms with van der Waals surface area (Å²) >= 11 is 1.66. The SMILES string of the molecule is CCSc1ccc(-c2cccc(NC(C)=O)c2)nn1. The van der Waals surface area contributed by atoms with Crippen molar-refractivity contribution < 1.29 is 4.79 Å². The number of rotatable bonds is 4. The van der Waals surface area contributed by atoms with Crippen LogP contribution in [-0.4, -0.2) is 21.9 Å². The predicted molar refractivity (Wildman–Crippen MR) is 78.2 cm³/mol. The summed E-state index contributed by atoms with van der Waals surface area (Å²) in [5, 5.41) is 12.0. The summed E-state index contributed by atoms with van der Waals surface area (Å²) in [6.07, 6.45) is 0. The second-order valence-corrected chi connectivity index (χ2v) is 5.24. The molecule has 0 saturated heterocycles. The van der Waals surface area contributed by atoms with Crippen molar-refractivity contribution in [2.75, 3.05) is 11.1 Å². The number of benzene rings is 1. The van der Waals surface area contributed by atoms with E-state index in [0.29, 0.717) is 0 Å². The zero-order valence-corrected chi connectivity index (χ0v) is 11.7. The van der Waals surface area contributed by atoms with Crippen molar-refractivity contribution in [1.29, 1.82) is 0 Å². The number of amides is 1. The van der Waals surface area contributed by atoms with Gasteiger partial charge in [0.1, 0.15) is 5.03 Å². The molecule has 1 amide bonds. The van der Waals surface area contributed by atoms with Crippen LogP contribution in [0.4, 0.5) is 5.69 Å². The van der Waals surface area contributed by atoms with Crippen molar-refractivity contribution in [2.45, 2.75) is 18.9 Å². The molecule has 0 unspecified atom stereocenters. The monoisotopic (exact) mass is 273 g/mol. The van der Waals surface area contributed by atoms with Gasteiger partial charge in [-0.05, 0) is 30.0 Å². The second kappa shape index (κ2) is 6.33. The van der Waals surface area contributed by atoms with Crippen LogP contribution in [0.25, 0.3) is 11.3 Å². The molecule has 0 aliphatic heterocycles. The maximum Gasteiger partial charge on any atom is 0.221 e. The Morgan fingerprint density at radius 2 is 2.11 bits per heavy atom. The van der Waals surface area contributed by atoms with Crippen LogP contribution in [0.2, 0.25) is 0 Å². The number of carbonyl (C=O) groups is 1. The molecule has 2 rings (SSSR count). The summed E-state index contributed by atoms with van der Waals surface area (Å²) in [5.41, 5.74) is 2.50. The van der Waals surface area contributed by atoms with E-state index in [0.717, 1.165) is 27.7 Å². The average Bonchev–Trinajstić information content (AvgIpc) is 2.39. The fourth-order valence-corrected chi connectivity index (χ4v) is 2.22. The molecule has 0 saturated carbocycles. The number of nitrogens with zero attached hydrogens (tertiary/aromatic N) is 2. The van der Waals surface area contributed by atoms with Crippen LogP contribution in [0.1, 0.15) is 13.8 Å². The van der Waals surface area contributed by atoms with Gasteiger partial charge in [0, 0.05) is 18.2 Å². The van der Waals surface area contributed by atoms with Crippen LogP contribution >= 0.6 is 11.8 Å². The van der Waals surface area contributed by atoms with Gasteiger partial charge < -0.3 is 5.32 Å². The first-order valence-corrected chi connectivity index (χ1v) is 7.02. The molecule has 98 valence electrons. The van der Waals surface area contributed by atoms with Crippen LogP contribution in [0.5, 0.6) is 0 Å². The molecule has 0 bridgehead atoms. The van der Waals surface area contributed by atoms with Crippen molar-refractivity contribution in [3.8, 4) is 11.3 Å². The Hall–Kier alpha value is -1.88. The van der Waals surface area contributed by atoms with Gasteiger partial charge in [0.2, 0.25) is 5.91 Å². The maximum absolute atomic E-state index is 11.0. The van der Waals surface area contributed by atoms with E-state index in [1.807, 2.05) is 36.4 Å². The molecular weight excluding hydrogens is 258 g/mol. The highest BCUT2D eigenvalue weighted by Crippen LogP contribution is 2.22. The Labute approximate surface area is 116 Å². The van der Waals surface area contributed by atoms with Gasteiger partial charge in [0.15, 0.2) is 0 Å². The van der Waals surface area contributed by atoms with Gasteiger partial charge in [-0.25, -0.2) is 0 Å². The number of hydrogen-bond acceptors (Lipinski definition) is 4. The minimum absolute atomic E-state index is 0.0853. The van der Waals surface area contributed by atoms with Crippen molar-refractivity contribution in [2.24, 2.45) is 0 Å². The van der Waals surface area contributed by atoms with Gasteiger partial charge in [0.25, 0.3) is 0 Å². The van der Waals surface area contributed by atoms with E-state index < -0.39 is 0 Å². The molecule has 0 aliphatic carbocycles. The van der Waals surface area contributed by atoms with Gasteiger partial charge >= 0.3 is 0 Å². The Bertz CT molecular complexity index is 569. The molecule has 1 heterocycles. The quantitative estimate of drug-likeness (QED) is 0.869. The molecule has 0 aliphatic rings. The maximum atomic E-state index is 11.0. The van der Waals surface area contributed by atoms with Gasteiger partial charge in [-0.15, -0.1) is 22.0 Å². The molecule has 0 radical (unpaired) electrons. The molecule has 0 fully saturated rings. The van der Waals surface area contributed by atoms with E-state index in [2.05, 4.69) is 22.4 Å². The van der Waals surface area contributed by atoms with E-state index in [1.54, 1.807) is 11.8 Å². The standard InChI is InChI=1S/C14H15N3OS/c1-3-19-14-8-7-13(16-17-14)11-5-4-6-12(9-11)15-10(2)18/h4-9H,3H2,1-2H3,(H,15,18). The first-order valence-electron chi connectivity index (χ1n) is 6.03. The van der Waals surface area contributed by atoms with Crippen molar-refractivity contribution in [3.05, 3.63) is 36.4 Å². The molecule has 0 spiro atoms. The third kappa shape index (κ3) is 3.79. The van der Waals surface area contributed by atoms with Gasteiger partial charge in [0.05, 0.1) is 5.69 Å². The minimum Gasteiger partial charge on any atom is -0.326 e. The van der Waals surface area contributed by atoms with Crippen molar-refractivity contribution in [3.63, 3.8) is 0 Å². The molecule has 1 N–H and O–H groups in total. The van der Waals surface area contributed by atoms with Crippen LogP contribution < -0.4 is 5.32 Å². The Morgan fingerprint density at radius 3 is 2.74 bits per heavy atom. The van der Waals surface area contributed by atoms with E-state index in [4.69, 9.17) is 0 Å². The molecule has 0 atom stereocenters. The van der Waals surface area contributed by atoms with Crippen LogP contribution in [0.15, 0.2) is 41.4 Å². The first-order chi connectivity index (χ1) is 9.19. The molecule has 19 heavy (non-hydrogen) atoms. The van der Waals surface area contributed by atoms with Crippen LogP contribution in [-0.2, 0) is 4.79 Å². The molecular formula is C14H15N3OS. The summed E-state index contributed by atoms with van der Waals surface area (Å²) in [6.45, 7) is 3.57. The third-order valence-electron chi connectivity index (χ3n) is 2.41. The molecule has 1 aromatic heterocycles. The number of carbonyl (C=O) groups excluding carboxylic acids is 1. The summed E-state index contributed by atoms with van der Waals surface area (Å²) in [6, 6.07) is 11.5. The molecule has 5 heteroatoms. The summed E-state index contributed by atoms with van der Waals surface area (Å²) in [5.74, 6) is 0.893. The number of nitrogens with one attached hydrogen (secondary N) is 1. The number of anilines is 1. The fraction of sp³-hybridized carbons (Fsp3) is 0.214. The fourth-order valence-electron chi connectivity index (χ4n) is 1.66. The van der Waals surface area contributed by atoms with Gasteiger partial charge in [-0.1, -0.05) is 19.1 Å². The molecule has 2 aromatic rings. The summed E-state index contributed by atoms with van der Waals surface area (Å²) < 4.78 is 0. The Balaban J connectivity index is 2.23. The van der Waals surface area contributed by atoms with E-state index in [1.165, 1.54) is 6.92 Å². The second-order valence-electron chi connectivity index (χ2n) is 3.95. The Kier molecular flexibility index (Phi) is 4.52. The van der Waals surface area contributed by atoms with E-state index in [9.17, 15) is 4.79 Å². The van der Waals surface area contributed by atoms with Crippen LogP contribution in [0, 0.1) is 0 Å². The predicted octanol–water partition coefficient (Wildman–Crippen LogP) is 3.21. The molecule has 1 aromatic carbocycles. The molecule has 4 nitrogen and oxygen atoms in total. The lowest BCUT2D eigenvalue weighted by molar-refractivity contribution is -0.114. The van der Waals surface area contributed by atoms with Gasteiger partial charge in [-0.2, -0.15) is 0 Å². The Morgan fingerprint density at radius 1 is 1.26 bits per heavy atom. The zero-order chi connectivity index (χ0) is 13.7. The summed E-state index contributed by atoms with van der Waals surface area (Å²) in [7, 11) is 0. The zero-order valence-electron chi connectivity index (χ0n) is 10.9. The van der Waals surface area contributed by atoms with Gasteiger partial charge in [-0.3, -0.25) is 4.79 Å². The lowest BCUT2D eigenvalue weighted by atomic mass is 10.1. The smallest absolute Gasteiger partial charge is 0.221 e. The highest BCUT2D eigenvalue weighted by molar-refractivity contribution is 7.99. The third-order valence-corrected chi connectivity index (χ3v) is 3.21. The topological polar surface area (TPSA) is 54.9 Å². The number of aromatic nitrogens is 2. The highest BCUT2D eigenvalue weighted by atomic mass is 32.2. The van der Waals surface area contributed by atoms with E-state index >= 15 is 0 Å². The van der Waals surface area contributed by atoms with E-state index in [-0.39, 0.29) is 5.91 Å². The average molecular weight is 273 g/mol. The van der Waals surface area contributed by atoms with Crippen molar-refractivity contribution >= 4 is 23.4 Å². The largest absolute Gasteiger partial charge is 0.326 e. The number of thioether (sulfide) groups is 1. The minimum atomic E-state index is -0.0853. The summed E-state index contributed by atoms with van der Waals surface area (Å²) in [4.78, 5) is 11.0. The van der Waals surface area contributed by atoms with Crippen molar-refractivity contribution in [1.82, 2.24) is 10.2 Å². The lowest BCUT2D eigenvalue weighted by Gasteiger charge is -2.05. The lowest BCUT2D eigenvalue weighted by Crippen LogP contribution is -2.05. The first kappa shape index (κ1) is 13.5. The normalized spacial score (nSPS) is 10.2. The number of hydrogen-bond donors (Lipinski definition) is 1. The highest BCUT2D eigenvalue weighted by Gasteiger charge is 2.03. The van der Waals surface area contributed by atoms with Crippen LogP contribution in [0.3, 0.4) is 0 Å².